The van der Waals surface area contributed by atoms with Gasteiger partial charge in [0.05, 0.1) is 0 Å². The molecule has 2 heteroatoms. The number of rotatable bonds is 2. The largest absolute Gasteiger partial charge is 0.315 e. The summed E-state index contributed by atoms with van der Waals surface area (Å²) in [5, 5.41) is 7.00. The van der Waals surface area contributed by atoms with E-state index in [1.807, 2.05) is 0 Å². The molecule has 1 aliphatic carbocycles. The van der Waals surface area contributed by atoms with Crippen molar-refractivity contribution in [3.8, 4) is 0 Å². The first-order valence-electron chi connectivity index (χ1n) is 4.33. The van der Waals surface area contributed by atoms with Crippen molar-refractivity contribution in [1.29, 1.82) is 0 Å². The number of hydrogen-bond donors (Lipinski definition) is 2. The topological polar surface area (TPSA) is 24.1 Å². The lowest BCUT2D eigenvalue weighted by Gasteiger charge is -2.09. The summed E-state index contributed by atoms with van der Waals surface area (Å²) in [6, 6.07) is 1.62. The van der Waals surface area contributed by atoms with Gasteiger partial charge in [-0.25, -0.2) is 0 Å². The van der Waals surface area contributed by atoms with Gasteiger partial charge >= 0.3 is 0 Å². The molecule has 10 heavy (non-hydrogen) atoms. The molecule has 2 fully saturated rings. The SMILES string of the molecule is CC1CC1NC1CCNC1. The van der Waals surface area contributed by atoms with Gasteiger partial charge in [0, 0.05) is 18.6 Å². The van der Waals surface area contributed by atoms with Crippen molar-refractivity contribution in [2.24, 2.45) is 5.92 Å². The van der Waals surface area contributed by atoms with Gasteiger partial charge in [-0.3, -0.25) is 0 Å². The van der Waals surface area contributed by atoms with Crippen molar-refractivity contribution in [2.45, 2.75) is 31.8 Å². The molecule has 2 N–H and O–H groups in total. The Hall–Kier alpha value is -0.0800. The average Bonchev–Trinajstić information content (AvgIpc) is 2.48. The molecule has 0 spiro atoms. The van der Waals surface area contributed by atoms with Crippen molar-refractivity contribution in [3.63, 3.8) is 0 Å². The zero-order valence-corrected chi connectivity index (χ0v) is 6.56. The average molecular weight is 140 g/mol. The fourth-order valence-electron chi connectivity index (χ4n) is 1.65. The normalized spacial score (nSPS) is 45.9. The van der Waals surface area contributed by atoms with Crippen molar-refractivity contribution in [1.82, 2.24) is 10.6 Å². The van der Waals surface area contributed by atoms with Crippen LogP contribution in [0.1, 0.15) is 19.8 Å². The summed E-state index contributed by atoms with van der Waals surface area (Å²) >= 11 is 0. The molecule has 3 atom stereocenters. The first-order chi connectivity index (χ1) is 4.86. The van der Waals surface area contributed by atoms with Crippen LogP contribution >= 0.6 is 0 Å². The van der Waals surface area contributed by atoms with Crippen molar-refractivity contribution in [2.75, 3.05) is 13.1 Å². The van der Waals surface area contributed by atoms with Gasteiger partial charge in [-0.05, 0) is 25.3 Å². The standard InChI is InChI=1S/C8H16N2/c1-6-4-8(6)10-7-2-3-9-5-7/h6-10H,2-5H2,1H3. The van der Waals surface area contributed by atoms with E-state index < -0.39 is 0 Å². The van der Waals surface area contributed by atoms with Crippen LogP contribution in [0.4, 0.5) is 0 Å². The number of hydrogen-bond acceptors (Lipinski definition) is 2. The molecule has 2 nitrogen and oxygen atoms in total. The van der Waals surface area contributed by atoms with E-state index in [0.29, 0.717) is 0 Å². The molecule has 1 saturated carbocycles. The maximum Gasteiger partial charge on any atom is 0.0207 e. The van der Waals surface area contributed by atoms with Crippen LogP contribution in [0.2, 0.25) is 0 Å². The van der Waals surface area contributed by atoms with Gasteiger partial charge in [0.2, 0.25) is 0 Å². The van der Waals surface area contributed by atoms with Crippen LogP contribution in [-0.2, 0) is 0 Å². The summed E-state index contributed by atoms with van der Waals surface area (Å²) in [4.78, 5) is 0. The minimum Gasteiger partial charge on any atom is -0.315 e. The highest BCUT2D eigenvalue weighted by atomic mass is 15.1. The molecule has 3 unspecified atom stereocenters. The highest BCUT2D eigenvalue weighted by molar-refractivity contribution is 4.93. The Kier molecular flexibility index (Phi) is 1.66. The quantitative estimate of drug-likeness (QED) is 0.578. The maximum absolute atomic E-state index is 3.64. The Labute approximate surface area is 62.4 Å². The van der Waals surface area contributed by atoms with E-state index in [1.165, 1.54) is 25.9 Å². The molecular formula is C8H16N2. The lowest BCUT2D eigenvalue weighted by Crippen LogP contribution is -2.33. The van der Waals surface area contributed by atoms with E-state index >= 15 is 0 Å². The Bertz CT molecular complexity index is 118. The molecular weight excluding hydrogens is 124 g/mol. The van der Waals surface area contributed by atoms with Crippen molar-refractivity contribution in [3.05, 3.63) is 0 Å². The molecule has 0 radical (unpaired) electrons. The van der Waals surface area contributed by atoms with Crippen LogP contribution in [0.5, 0.6) is 0 Å². The second-order valence-electron chi connectivity index (χ2n) is 3.68. The molecule has 58 valence electrons. The summed E-state index contributed by atoms with van der Waals surface area (Å²) in [6.07, 6.45) is 2.72. The zero-order chi connectivity index (χ0) is 6.97. The highest BCUT2D eigenvalue weighted by Crippen LogP contribution is 2.29. The molecule has 0 bridgehead atoms. The van der Waals surface area contributed by atoms with Gasteiger partial charge in [-0.2, -0.15) is 0 Å². The summed E-state index contributed by atoms with van der Waals surface area (Å²) in [7, 11) is 0. The Morgan fingerprint density at radius 3 is 2.80 bits per heavy atom. The Balaban J connectivity index is 1.70. The summed E-state index contributed by atoms with van der Waals surface area (Å²) < 4.78 is 0. The molecule has 1 aliphatic heterocycles. The van der Waals surface area contributed by atoms with Crippen molar-refractivity contribution < 1.29 is 0 Å². The van der Waals surface area contributed by atoms with Crippen LogP contribution in [0.25, 0.3) is 0 Å². The van der Waals surface area contributed by atoms with E-state index in [0.717, 1.165) is 18.0 Å². The van der Waals surface area contributed by atoms with Gasteiger partial charge in [-0.15, -0.1) is 0 Å². The second-order valence-corrected chi connectivity index (χ2v) is 3.68. The fraction of sp³-hybridized carbons (Fsp3) is 1.00. The summed E-state index contributed by atoms with van der Waals surface area (Å²) in [5.41, 5.74) is 0. The predicted molar refractivity (Wildman–Crippen MR) is 42.0 cm³/mol. The van der Waals surface area contributed by atoms with E-state index in [9.17, 15) is 0 Å². The maximum atomic E-state index is 3.64. The molecule has 2 rings (SSSR count). The highest BCUT2D eigenvalue weighted by Gasteiger charge is 2.34. The van der Waals surface area contributed by atoms with Crippen LogP contribution in [0.3, 0.4) is 0 Å². The second kappa shape index (κ2) is 2.51. The van der Waals surface area contributed by atoms with Crippen LogP contribution in [0, 0.1) is 5.92 Å². The van der Waals surface area contributed by atoms with Gasteiger partial charge in [0.25, 0.3) is 0 Å². The molecule has 0 aromatic heterocycles. The zero-order valence-electron chi connectivity index (χ0n) is 6.56. The monoisotopic (exact) mass is 140 g/mol. The number of nitrogens with one attached hydrogen (secondary N) is 2. The van der Waals surface area contributed by atoms with Gasteiger partial charge in [0.1, 0.15) is 0 Å². The van der Waals surface area contributed by atoms with Gasteiger partial charge in [0.15, 0.2) is 0 Å². The minimum absolute atomic E-state index is 0.773. The van der Waals surface area contributed by atoms with Gasteiger partial charge < -0.3 is 10.6 Å². The molecule has 0 aromatic carbocycles. The lowest BCUT2D eigenvalue weighted by molar-refractivity contribution is 0.528. The van der Waals surface area contributed by atoms with Crippen LogP contribution < -0.4 is 10.6 Å². The third-order valence-corrected chi connectivity index (χ3v) is 2.62. The van der Waals surface area contributed by atoms with Crippen LogP contribution in [-0.4, -0.2) is 25.2 Å². The van der Waals surface area contributed by atoms with Crippen LogP contribution in [0.15, 0.2) is 0 Å². The van der Waals surface area contributed by atoms with E-state index in [4.69, 9.17) is 0 Å². The third kappa shape index (κ3) is 1.32. The van der Waals surface area contributed by atoms with E-state index in [2.05, 4.69) is 17.6 Å². The minimum atomic E-state index is 0.773. The Morgan fingerprint density at radius 2 is 2.30 bits per heavy atom. The fourth-order valence-corrected chi connectivity index (χ4v) is 1.65. The molecule has 1 saturated heterocycles. The predicted octanol–water partition coefficient (Wildman–Crippen LogP) is 0.346. The third-order valence-electron chi connectivity index (χ3n) is 2.62. The summed E-state index contributed by atoms with van der Waals surface area (Å²) in [6.45, 7) is 4.71. The van der Waals surface area contributed by atoms with Crippen molar-refractivity contribution >= 4 is 0 Å². The first-order valence-corrected chi connectivity index (χ1v) is 4.33. The van der Waals surface area contributed by atoms with Gasteiger partial charge in [-0.1, -0.05) is 6.92 Å². The molecule has 0 amide bonds. The summed E-state index contributed by atoms with van der Waals surface area (Å²) in [5.74, 6) is 0.945. The lowest BCUT2D eigenvalue weighted by atomic mass is 10.2. The molecule has 0 aromatic rings. The smallest absolute Gasteiger partial charge is 0.0207 e. The first kappa shape index (κ1) is 6.62. The van der Waals surface area contributed by atoms with E-state index in [1.54, 1.807) is 0 Å². The molecule has 2 aliphatic rings. The molecule has 1 heterocycles. The Morgan fingerprint density at radius 1 is 1.50 bits per heavy atom. The van der Waals surface area contributed by atoms with E-state index in [-0.39, 0.29) is 0 Å².